The molecule has 1 atom stereocenters. The minimum Gasteiger partial charge on any atom is -0.352 e. The summed E-state index contributed by atoms with van der Waals surface area (Å²) in [7, 11) is 0. The van der Waals surface area contributed by atoms with Crippen molar-refractivity contribution in [2.75, 3.05) is 0 Å². The summed E-state index contributed by atoms with van der Waals surface area (Å²) in [6.45, 7) is 2.34. The largest absolute Gasteiger partial charge is 0.352 e. The Kier molecular flexibility index (Phi) is 9.65. The van der Waals surface area contributed by atoms with E-state index in [0.717, 1.165) is 42.4 Å². The van der Waals surface area contributed by atoms with Crippen molar-refractivity contribution in [1.82, 2.24) is 10.2 Å². The molecule has 0 radical (unpaired) electrons. The van der Waals surface area contributed by atoms with Crippen LogP contribution in [-0.2, 0) is 29.0 Å². The van der Waals surface area contributed by atoms with Crippen LogP contribution in [0.15, 0.2) is 72.8 Å². The van der Waals surface area contributed by atoms with Crippen LogP contribution >= 0.6 is 23.2 Å². The zero-order valence-corrected chi connectivity index (χ0v) is 22.8. The number of amides is 2. The maximum atomic E-state index is 14.0. The van der Waals surface area contributed by atoms with Crippen LogP contribution in [0.25, 0.3) is 0 Å². The minimum atomic E-state index is -0.668. The third kappa shape index (κ3) is 7.59. The maximum Gasteiger partial charge on any atom is 0.243 e. The van der Waals surface area contributed by atoms with Crippen molar-refractivity contribution in [2.45, 2.75) is 70.5 Å². The molecular formula is C31H34Cl2N2O2. The second-order valence-electron chi connectivity index (χ2n) is 9.94. The fourth-order valence-corrected chi connectivity index (χ4v) is 5.59. The van der Waals surface area contributed by atoms with Gasteiger partial charge in [0.25, 0.3) is 0 Å². The standard InChI is InChI=1S/C31H34Cl2N2O2/c1-22-10-8-13-24(18-22)21-35(30(36)20-26-27(32)16-9-17-28(26)33)29(19-23-11-4-2-5-12-23)31(37)34-25-14-6-3-7-15-25/h2,4-5,8-13,16-18,25,29H,3,6-7,14-15,19-21H2,1H3,(H,34,37)/t29-/m0/s1. The van der Waals surface area contributed by atoms with Gasteiger partial charge in [0.15, 0.2) is 0 Å². The predicted molar refractivity (Wildman–Crippen MR) is 151 cm³/mol. The number of rotatable bonds is 9. The SMILES string of the molecule is Cc1cccc(CN(C(=O)Cc2c(Cl)cccc2Cl)[C@@H](Cc2ccccc2)C(=O)NC2CCCCC2)c1. The van der Waals surface area contributed by atoms with Crippen LogP contribution in [0.2, 0.25) is 10.0 Å². The van der Waals surface area contributed by atoms with Gasteiger partial charge in [-0.15, -0.1) is 0 Å². The lowest BCUT2D eigenvalue weighted by atomic mass is 9.94. The highest BCUT2D eigenvalue weighted by atomic mass is 35.5. The second kappa shape index (κ2) is 13.1. The van der Waals surface area contributed by atoms with Crippen LogP contribution in [0.3, 0.4) is 0 Å². The molecule has 0 unspecified atom stereocenters. The van der Waals surface area contributed by atoms with Crippen LogP contribution in [0.5, 0.6) is 0 Å². The maximum absolute atomic E-state index is 14.0. The monoisotopic (exact) mass is 536 g/mol. The lowest BCUT2D eigenvalue weighted by Crippen LogP contribution is -2.53. The van der Waals surface area contributed by atoms with E-state index >= 15 is 0 Å². The highest BCUT2D eigenvalue weighted by Gasteiger charge is 2.32. The number of aryl methyl sites for hydroxylation is 1. The van der Waals surface area contributed by atoms with Crippen molar-refractivity contribution >= 4 is 35.0 Å². The van der Waals surface area contributed by atoms with Gasteiger partial charge < -0.3 is 10.2 Å². The third-order valence-corrected chi connectivity index (χ3v) is 7.76. The molecule has 0 saturated heterocycles. The number of hydrogen-bond acceptors (Lipinski definition) is 2. The van der Waals surface area contributed by atoms with Crippen LogP contribution in [0.1, 0.15) is 54.4 Å². The number of halogens is 2. The van der Waals surface area contributed by atoms with E-state index in [0.29, 0.717) is 28.6 Å². The quantitative estimate of drug-likeness (QED) is 0.322. The van der Waals surface area contributed by atoms with Crippen LogP contribution < -0.4 is 5.32 Å². The molecule has 194 valence electrons. The number of carbonyl (C=O) groups excluding carboxylic acids is 2. The first-order chi connectivity index (χ1) is 17.9. The van der Waals surface area contributed by atoms with Gasteiger partial charge in [-0.3, -0.25) is 9.59 Å². The Hall–Kier alpha value is -2.82. The molecule has 1 N–H and O–H groups in total. The average Bonchev–Trinajstić information content (AvgIpc) is 2.89. The van der Waals surface area contributed by atoms with Gasteiger partial charge in [-0.05, 0) is 48.6 Å². The topological polar surface area (TPSA) is 49.4 Å². The van der Waals surface area contributed by atoms with Gasteiger partial charge in [-0.25, -0.2) is 0 Å². The zero-order chi connectivity index (χ0) is 26.2. The highest BCUT2D eigenvalue weighted by molar-refractivity contribution is 6.36. The van der Waals surface area contributed by atoms with E-state index in [2.05, 4.69) is 11.4 Å². The van der Waals surface area contributed by atoms with Crippen LogP contribution in [-0.4, -0.2) is 28.8 Å². The summed E-state index contributed by atoms with van der Waals surface area (Å²) in [6.07, 6.45) is 5.84. The van der Waals surface area contributed by atoms with Crippen molar-refractivity contribution in [1.29, 1.82) is 0 Å². The fourth-order valence-electron chi connectivity index (χ4n) is 5.06. The summed E-state index contributed by atoms with van der Waals surface area (Å²) in [4.78, 5) is 29.5. The Bertz CT molecular complexity index is 1190. The Balaban J connectivity index is 1.68. The van der Waals surface area contributed by atoms with Gasteiger partial charge in [-0.1, -0.05) is 109 Å². The van der Waals surface area contributed by atoms with E-state index < -0.39 is 6.04 Å². The molecular weight excluding hydrogens is 503 g/mol. The smallest absolute Gasteiger partial charge is 0.243 e. The van der Waals surface area contributed by atoms with Crippen LogP contribution in [0.4, 0.5) is 0 Å². The Labute approximate surface area is 230 Å². The number of hydrogen-bond donors (Lipinski definition) is 1. The van der Waals surface area contributed by atoms with Gasteiger partial charge in [0.2, 0.25) is 11.8 Å². The molecule has 0 aliphatic heterocycles. The number of nitrogens with zero attached hydrogens (tertiary/aromatic N) is 1. The molecule has 3 aromatic rings. The first-order valence-electron chi connectivity index (χ1n) is 13.0. The predicted octanol–water partition coefficient (Wildman–Crippen LogP) is 6.93. The molecule has 4 nitrogen and oxygen atoms in total. The van der Waals surface area contributed by atoms with Crippen molar-refractivity contribution in [3.8, 4) is 0 Å². The second-order valence-corrected chi connectivity index (χ2v) is 10.8. The molecule has 1 aliphatic rings. The lowest BCUT2D eigenvalue weighted by molar-refractivity contribution is -0.141. The van der Waals surface area contributed by atoms with E-state index in [4.69, 9.17) is 23.2 Å². The molecule has 1 fully saturated rings. The first-order valence-corrected chi connectivity index (χ1v) is 13.8. The molecule has 2 amide bonds. The van der Waals surface area contributed by atoms with Crippen molar-refractivity contribution in [3.05, 3.63) is 105 Å². The number of carbonyl (C=O) groups is 2. The van der Waals surface area contributed by atoms with Gasteiger partial charge in [0, 0.05) is 29.1 Å². The molecule has 6 heteroatoms. The number of benzene rings is 3. The number of nitrogens with one attached hydrogen (secondary N) is 1. The van der Waals surface area contributed by atoms with Gasteiger partial charge >= 0.3 is 0 Å². The summed E-state index contributed by atoms with van der Waals surface area (Å²) < 4.78 is 0. The van der Waals surface area contributed by atoms with Gasteiger partial charge in [0.1, 0.15) is 6.04 Å². The Morgan fingerprint density at radius 2 is 1.54 bits per heavy atom. The molecule has 4 rings (SSSR count). The molecule has 37 heavy (non-hydrogen) atoms. The fraction of sp³-hybridized carbons (Fsp3) is 0.355. The third-order valence-electron chi connectivity index (χ3n) is 7.05. The molecule has 0 bridgehead atoms. The van der Waals surface area contributed by atoms with E-state index in [1.807, 2.05) is 55.5 Å². The zero-order valence-electron chi connectivity index (χ0n) is 21.3. The van der Waals surface area contributed by atoms with E-state index in [-0.39, 0.29) is 24.3 Å². The minimum absolute atomic E-state index is 0.0202. The molecule has 3 aromatic carbocycles. The summed E-state index contributed by atoms with van der Waals surface area (Å²) in [5.74, 6) is -0.293. The molecule has 1 saturated carbocycles. The summed E-state index contributed by atoms with van der Waals surface area (Å²) >= 11 is 12.9. The Morgan fingerprint density at radius 1 is 0.892 bits per heavy atom. The van der Waals surface area contributed by atoms with Gasteiger partial charge in [-0.2, -0.15) is 0 Å². The molecule has 0 aromatic heterocycles. The van der Waals surface area contributed by atoms with Gasteiger partial charge in [0.05, 0.1) is 6.42 Å². The van der Waals surface area contributed by atoms with E-state index in [1.165, 1.54) is 6.42 Å². The normalized spacial score (nSPS) is 14.7. The molecule has 1 aliphatic carbocycles. The van der Waals surface area contributed by atoms with Crippen molar-refractivity contribution in [2.24, 2.45) is 0 Å². The summed E-state index contributed by atoms with van der Waals surface area (Å²) in [6, 6.07) is 22.6. The molecule has 0 heterocycles. The van der Waals surface area contributed by atoms with E-state index in [1.54, 1.807) is 23.1 Å². The first kappa shape index (κ1) is 27.2. The van der Waals surface area contributed by atoms with Crippen molar-refractivity contribution in [3.63, 3.8) is 0 Å². The average molecular weight is 538 g/mol. The van der Waals surface area contributed by atoms with E-state index in [9.17, 15) is 9.59 Å². The van der Waals surface area contributed by atoms with Crippen molar-refractivity contribution < 1.29 is 9.59 Å². The van der Waals surface area contributed by atoms with Crippen LogP contribution in [0, 0.1) is 6.92 Å². The highest BCUT2D eigenvalue weighted by Crippen LogP contribution is 2.27. The summed E-state index contributed by atoms with van der Waals surface area (Å²) in [5.41, 5.74) is 3.66. The lowest BCUT2D eigenvalue weighted by Gasteiger charge is -2.34. The Morgan fingerprint density at radius 3 is 2.22 bits per heavy atom. The summed E-state index contributed by atoms with van der Waals surface area (Å²) in [5, 5.41) is 4.17. The molecule has 0 spiro atoms.